The van der Waals surface area contributed by atoms with Gasteiger partial charge in [0.1, 0.15) is 0 Å². The van der Waals surface area contributed by atoms with Gasteiger partial charge in [-0.05, 0) is 24.8 Å². The molecule has 0 saturated carbocycles. The van der Waals surface area contributed by atoms with Gasteiger partial charge in [-0.2, -0.15) is 5.10 Å². The van der Waals surface area contributed by atoms with E-state index in [2.05, 4.69) is 31.9 Å². The molecule has 0 unspecified atom stereocenters. The molecule has 0 aliphatic rings. The molecule has 2 heteroatoms. The Bertz CT molecular complexity index is 248. The van der Waals surface area contributed by atoms with E-state index in [0.29, 0.717) is 5.92 Å². The van der Waals surface area contributed by atoms with Crippen LogP contribution in [0.25, 0.3) is 0 Å². The third kappa shape index (κ3) is 2.10. The molecule has 0 bridgehead atoms. The fourth-order valence-electron chi connectivity index (χ4n) is 1.42. The standard InChI is InChI=1S/C10H18N2/c1-5-10-7-9(6-8(2)3)11-12(10)4/h7-8H,5-6H2,1-4H3. The Hall–Kier alpha value is -0.790. The summed E-state index contributed by atoms with van der Waals surface area (Å²) in [5, 5.41) is 4.44. The quantitative estimate of drug-likeness (QED) is 0.673. The van der Waals surface area contributed by atoms with Gasteiger partial charge in [-0.25, -0.2) is 0 Å². The van der Waals surface area contributed by atoms with E-state index in [1.807, 2.05) is 11.7 Å². The first kappa shape index (κ1) is 9.30. The van der Waals surface area contributed by atoms with Crippen molar-refractivity contribution in [3.05, 3.63) is 17.5 Å². The molecule has 0 spiro atoms. The van der Waals surface area contributed by atoms with Crippen molar-refractivity contribution >= 4 is 0 Å². The molecule has 12 heavy (non-hydrogen) atoms. The van der Waals surface area contributed by atoms with Crippen molar-refractivity contribution in [2.75, 3.05) is 0 Å². The summed E-state index contributed by atoms with van der Waals surface area (Å²) in [7, 11) is 2.02. The molecule has 68 valence electrons. The molecule has 0 N–H and O–H groups in total. The molecule has 1 aromatic rings. The molecule has 0 aliphatic heterocycles. The average molecular weight is 166 g/mol. The van der Waals surface area contributed by atoms with Crippen LogP contribution in [0, 0.1) is 5.92 Å². The topological polar surface area (TPSA) is 17.8 Å². The average Bonchev–Trinajstić information content (AvgIpc) is 2.29. The zero-order valence-electron chi connectivity index (χ0n) is 8.46. The van der Waals surface area contributed by atoms with Crippen LogP contribution in [0.3, 0.4) is 0 Å². The van der Waals surface area contributed by atoms with Crippen LogP contribution in [0.5, 0.6) is 0 Å². The van der Waals surface area contributed by atoms with Gasteiger partial charge in [0.25, 0.3) is 0 Å². The van der Waals surface area contributed by atoms with Crippen LogP contribution >= 0.6 is 0 Å². The maximum Gasteiger partial charge on any atom is 0.0629 e. The van der Waals surface area contributed by atoms with Gasteiger partial charge in [0.05, 0.1) is 5.69 Å². The third-order valence-corrected chi connectivity index (χ3v) is 2.01. The van der Waals surface area contributed by atoms with Gasteiger partial charge in [-0.15, -0.1) is 0 Å². The van der Waals surface area contributed by atoms with Crippen LogP contribution in [0.4, 0.5) is 0 Å². The first-order valence-corrected chi connectivity index (χ1v) is 4.65. The van der Waals surface area contributed by atoms with Gasteiger partial charge in [-0.3, -0.25) is 4.68 Å². The lowest BCUT2D eigenvalue weighted by Gasteiger charge is -1.98. The third-order valence-electron chi connectivity index (χ3n) is 2.01. The fraction of sp³-hybridized carbons (Fsp3) is 0.700. The number of aromatic nitrogens is 2. The molecular weight excluding hydrogens is 148 g/mol. The summed E-state index contributed by atoms with van der Waals surface area (Å²) in [6, 6.07) is 2.21. The molecule has 0 radical (unpaired) electrons. The van der Waals surface area contributed by atoms with Crippen LogP contribution in [0.15, 0.2) is 6.07 Å². The van der Waals surface area contributed by atoms with Crippen molar-refractivity contribution in [3.63, 3.8) is 0 Å². The molecule has 1 heterocycles. The second-order valence-electron chi connectivity index (χ2n) is 3.70. The van der Waals surface area contributed by atoms with E-state index >= 15 is 0 Å². The monoisotopic (exact) mass is 166 g/mol. The zero-order chi connectivity index (χ0) is 9.14. The fourth-order valence-corrected chi connectivity index (χ4v) is 1.42. The molecule has 0 fully saturated rings. The van der Waals surface area contributed by atoms with Crippen LogP contribution < -0.4 is 0 Å². The molecule has 0 aromatic carbocycles. The Morgan fingerprint density at radius 3 is 2.58 bits per heavy atom. The minimum absolute atomic E-state index is 0.699. The summed E-state index contributed by atoms with van der Waals surface area (Å²) in [4.78, 5) is 0. The Balaban J connectivity index is 2.75. The number of hydrogen-bond donors (Lipinski definition) is 0. The summed E-state index contributed by atoms with van der Waals surface area (Å²) < 4.78 is 1.98. The molecular formula is C10H18N2. The van der Waals surface area contributed by atoms with Crippen LogP contribution in [-0.2, 0) is 19.9 Å². The normalized spacial score (nSPS) is 11.1. The Kier molecular flexibility index (Phi) is 2.90. The number of hydrogen-bond acceptors (Lipinski definition) is 1. The zero-order valence-corrected chi connectivity index (χ0v) is 8.46. The molecule has 0 aliphatic carbocycles. The van der Waals surface area contributed by atoms with E-state index < -0.39 is 0 Å². The highest BCUT2D eigenvalue weighted by molar-refractivity contribution is 5.10. The van der Waals surface area contributed by atoms with Gasteiger partial charge < -0.3 is 0 Å². The van der Waals surface area contributed by atoms with Crippen molar-refractivity contribution < 1.29 is 0 Å². The van der Waals surface area contributed by atoms with Crippen LogP contribution in [0.1, 0.15) is 32.2 Å². The van der Waals surface area contributed by atoms with E-state index in [-0.39, 0.29) is 0 Å². The summed E-state index contributed by atoms with van der Waals surface area (Å²) >= 11 is 0. The smallest absolute Gasteiger partial charge is 0.0629 e. The van der Waals surface area contributed by atoms with Crippen molar-refractivity contribution in [3.8, 4) is 0 Å². The molecule has 1 aromatic heterocycles. The minimum atomic E-state index is 0.699. The van der Waals surface area contributed by atoms with Gasteiger partial charge in [0, 0.05) is 12.7 Å². The first-order valence-electron chi connectivity index (χ1n) is 4.65. The Labute approximate surface area is 74.6 Å². The predicted octanol–water partition coefficient (Wildman–Crippen LogP) is 2.18. The number of aryl methyl sites for hydroxylation is 2. The van der Waals surface area contributed by atoms with Crippen LogP contribution in [0.2, 0.25) is 0 Å². The molecule has 1 rings (SSSR count). The maximum absolute atomic E-state index is 4.44. The largest absolute Gasteiger partial charge is 0.272 e. The van der Waals surface area contributed by atoms with Gasteiger partial charge in [0.15, 0.2) is 0 Å². The minimum Gasteiger partial charge on any atom is -0.272 e. The van der Waals surface area contributed by atoms with E-state index in [1.165, 1.54) is 11.4 Å². The summed E-state index contributed by atoms with van der Waals surface area (Å²) in [5.74, 6) is 0.699. The maximum atomic E-state index is 4.44. The SMILES string of the molecule is CCc1cc(CC(C)C)nn1C. The van der Waals surface area contributed by atoms with E-state index in [1.54, 1.807) is 0 Å². The van der Waals surface area contributed by atoms with Crippen LogP contribution in [-0.4, -0.2) is 9.78 Å². The highest BCUT2D eigenvalue weighted by Crippen LogP contribution is 2.08. The van der Waals surface area contributed by atoms with Crippen molar-refractivity contribution in [1.29, 1.82) is 0 Å². The molecule has 0 saturated heterocycles. The first-order chi connectivity index (χ1) is 5.63. The second kappa shape index (κ2) is 3.74. The van der Waals surface area contributed by atoms with Gasteiger partial charge >= 0.3 is 0 Å². The molecule has 0 atom stereocenters. The predicted molar refractivity (Wildman–Crippen MR) is 51.1 cm³/mol. The van der Waals surface area contributed by atoms with E-state index in [0.717, 1.165) is 12.8 Å². The highest BCUT2D eigenvalue weighted by Gasteiger charge is 2.04. The number of nitrogens with zero attached hydrogens (tertiary/aromatic N) is 2. The summed E-state index contributed by atoms with van der Waals surface area (Å²) in [5.41, 5.74) is 2.55. The Morgan fingerprint density at radius 2 is 2.17 bits per heavy atom. The lowest BCUT2D eigenvalue weighted by atomic mass is 10.1. The molecule has 2 nitrogen and oxygen atoms in total. The van der Waals surface area contributed by atoms with Crippen molar-refractivity contribution in [2.24, 2.45) is 13.0 Å². The van der Waals surface area contributed by atoms with Crippen molar-refractivity contribution in [1.82, 2.24) is 9.78 Å². The van der Waals surface area contributed by atoms with Gasteiger partial charge in [0.2, 0.25) is 0 Å². The van der Waals surface area contributed by atoms with Gasteiger partial charge in [-0.1, -0.05) is 20.8 Å². The summed E-state index contributed by atoms with van der Waals surface area (Å²) in [6.07, 6.45) is 2.16. The van der Waals surface area contributed by atoms with E-state index in [9.17, 15) is 0 Å². The highest BCUT2D eigenvalue weighted by atomic mass is 15.3. The van der Waals surface area contributed by atoms with E-state index in [4.69, 9.17) is 0 Å². The summed E-state index contributed by atoms with van der Waals surface area (Å²) in [6.45, 7) is 6.61. The lowest BCUT2D eigenvalue weighted by Crippen LogP contribution is -1.98. The lowest BCUT2D eigenvalue weighted by molar-refractivity contribution is 0.617. The number of rotatable bonds is 3. The Morgan fingerprint density at radius 1 is 1.50 bits per heavy atom. The molecule has 0 amide bonds. The second-order valence-corrected chi connectivity index (χ2v) is 3.70. The van der Waals surface area contributed by atoms with Crippen molar-refractivity contribution in [2.45, 2.75) is 33.6 Å².